The molecule has 124 valence electrons. The molecule has 0 aromatic heterocycles. The summed E-state index contributed by atoms with van der Waals surface area (Å²) >= 11 is 0. The highest BCUT2D eigenvalue weighted by atomic mass is 32.2. The van der Waals surface area contributed by atoms with Gasteiger partial charge in [-0.2, -0.15) is 0 Å². The van der Waals surface area contributed by atoms with Gasteiger partial charge in [0.25, 0.3) is 0 Å². The standard InChI is InChI=1S/C13H18F2N2O4S/c14-12-2-1-11(7-13(12)15)22(19,20)16-8-10(18)9-17-3-5-21-6-4-17/h1-2,7,10,16,18H,3-6,8-9H2. The molecule has 0 spiro atoms. The maximum Gasteiger partial charge on any atom is 0.240 e. The molecule has 1 fully saturated rings. The van der Waals surface area contributed by atoms with Crippen LogP contribution in [0.25, 0.3) is 0 Å². The van der Waals surface area contributed by atoms with Crippen molar-refractivity contribution < 1.29 is 27.0 Å². The summed E-state index contributed by atoms with van der Waals surface area (Å²) in [5, 5.41) is 9.87. The number of hydrogen-bond donors (Lipinski definition) is 2. The molecule has 0 amide bonds. The predicted molar refractivity (Wildman–Crippen MR) is 74.8 cm³/mol. The third kappa shape index (κ3) is 4.68. The van der Waals surface area contributed by atoms with Crippen LogP contribution in [-0.4, -0.2) is 63.9 Å². The van der Waals surface area contributed by atoms with Gasteiger partial charge in [0.15, 0.2) is 11.6 Å². The van der Waals surface area contributed by atoms with Gasteiger partial charge in [-0.15, -0.1) is 0 Å². The molecule has 6 nitrogen and oxygen atoms in total. The van der Waals surface area contributed by atoms with Gasteiger partial charge in [0.05, 0.1) is 24.2 Å². The summed E-state index contributed by atoms with van der Waals surface area (Å²) in [6, 6.07) is 2.31. The number of aliphatic hydroxyl groups is 1. The predicted octanol–water partition coefficient (Wildman–Crippen LogP) is -0.0638. The first-order valence-corrected chi connectivity index (χ1v) is 8.30. The van der Waals surface area contributed by atoms with Gasteiger partial charge in [-0.05, 0) is 18.2 Å². The van der Waals surface area contributed by atoms with Crippen molar-refractivity contribution in [2.45, 2.75) is 11.0 Å². The van der Waals surface area contributed by atoms with E-state index >= 15 is 0 Å². The molecule has 1 atom stereocenters. The summed E-state index contributed by atoms with van der Waals surface area (Å²) in [7, 11) is -4.00. The van der Waals surface area contributed by atoms with Gasteiger partial charge in [-0.1, -0.05) is 0 Å². The largest absolute Gasteiger partial charge is 0.390 e. The van der Waals surface area contributed by atoms with E-state index in [2.05, 4.69) is 4.72 Å². The number of sulfonamides is 1. The molecule has 1 aromatic rings. The second-order valence-corrected chi connectivity index (χ2v) is 6.76. The van der Waals surface area contributed by atoms with Gasteiger partial charge in [0.2, 0.25) is 10.0 Å². The zero-order chi connectivity index (χ0) is 16.2. The van der Waals surface area contributed by atoms with E-state index in [9.17, 15) is 22.3 Å². The Kier molecular flexibility index (Phi) is 5.81. The lowest BCUT2D eigenvalue weighted by Crippen LogP contribution is -2.44. The highest BCUT2D eigenvalue weighted by Gasteiger charge is 2.20. The fraction of sp³-hybridized carbons (Fsp3) is 0.538. The Morgan fingerprint density at radius 2 is 1.95 bits per heavy atom. The fourth-order valence-electron chi connectivity index (χ4n) is 2.08. The van der Waals surface area contributed by atoms with E-state index in [0.29, 0.717) is 38.9 Å². The lowest BCUT2D eigenvalue weighted by molar-refractivity contribution is 0.0158. The Balaban J connectivity index is 1.89. The quantitative estimate of drug-likeness (QED) is 0.761. The zero-order valence-corrected chi connectivity index (χ0v) is 12.7. The van der Waals surface area contributed by atoms with Crippen LogP contribution in [0.1, 0.15) is 0 Å². The van der Waals surface area contributed by atoms with E-state index in [1.165, 1.54) is 0 Å². The van der Waals surface area contributed by atoms with Crippen molar-refractivity contribution in [3.8, 4) is 0 Å². The number of halogens is 2. The van der Waals surface area contributed by atoms with Crippen molar-refractivity contribution in [1.29, 1.82) is 0 Å². The molecule has 1 aliphatic rings. The highest BCUT2D eigenvalue weighted by molar-refractivity contribution is 7.89. The van der Waals surface area contributed by atoms with Crippen molar-refractivity contribution >= 4 is 10.0 Å². The Morgan fingerprint density at radius 1 is 1.27 bits per heavy atom. The summed E-state index contributed by atoms with van der Waals surface area (Å²) in [6.45, 7) is 2.60. The summed E-state index contributed by atoms with van der Waals surface area (Å²) < 4.78 is 57.2. The normalized spacial score (nSPS) is 18.3. The first-order chi connectivity index (χ1) is 10.4. The van der Waals surface area contributed by atoms with Gasteiger partial charge in [0, 0.05) is 26.2 Å². The topological polar surface area (TPSA) is 78.9 Å². The monoisotopic (exact) mass is 336 g/mol. The molecule has 9 heteroatoms. The minimum absolute atomic E-state index is 0.210. The minimum Gasteiger partial charge on any atom is -0.390 e. The highest BCUT2D eigenvalue weighted by Crippen LogP contribution is 2.13. The van der Waals surface area contributed by atoms with E-state index in [1.54, 1.807) is 0 Å². The zero-order valence-electron chi connectivity index (χ0n) is 11.8. The van der Waals surface area contributed by atoms with Crippen LogP contribution in [0, 0.1) is 11.6 Å². The molecule has 0 saturated carbocycles. The number of nitrogens with zero attached hydrogens (tertiary/aromatic N) is 1. The van der Waals surface area contributed by atoms with Crippen molar-refractivity contribution in [1.82, 2.24) is 9.62 Å². The van der Waals surface area contributed by atoms with Gasteiger partial charge in [0.1, 0.15) is 0 Å². The molecule has 1 heterocycles. The third-order valence-corrected chi connectivity index (χ3v) is 4.70. The van der Waals surface area contributed by atoms with Crippen LogP contribution in [0.3, 0.4) is 0 Å². The summed E-state index contributed by atoms with van der Waals surface area (Å²) in [5.41, 5.74) is 0. The molecule has 0 bridgehead atoms. The number of aliphatic hydroxyl groups excluding tert-OH is 1. The van der Waals surface area contributed by atoms with Crippen LogP contribution in [0.5, 0.6) is 0 Å². The SMILES string of the molecule is O=S(=O)(NCC(O)CN1CCOCC1)c1ccc(F)c(F)c1. The molecule has 1 saturated heterocycles. The number of nitrogens with one attached hydrogen (secondary N) is 1. The molecule has 0 radical (unpaired) electrons. The van der Waals surface area contributed by atoms with Gasteiger partial charge >= 0.3 is 0 Å². The lowest BCUT2D eigenvalue weighted by atomic mass is 10.3. The van der Waals surface area contributed by atoms with E-state index in [-0.39, 0.29) is 11.4 Å². The maximum atomic E-state index is 13.1. The van der Waals surface area contributed by atoms with Crippen LogP contribution in [0.15, 0.2) is 23.1 Å². The van der Waals surface area contributed by atoms with E-state index in [1.807, 2.05) is 4.90 Å². The minimum atomic E-state index is -4.00. The molecule has 0 aliphatic carbocycles. The summed E-state index contributed by atoms with van der Waals surface area (Å²) in [4.78, 5) is 1.57. The first-order valence-electron chi connectivity index (χ1n) is 6.81. The number of benzene rings is 1. The third-order valence-electron chi connectivity index (χ3n) is 3.28. The van der Waals surface area contributed by atoms with Crippen LogP contribution in [0.4, 0.5) is 8.78 Å². The van der Waals surface area contributed by atoms with Crippen LogP contribution >= 0.6 is 0 Å². The van der Waals surface area contributed by atoms with Crippen LogP contribution in [0.2, 0.25) is 0 Å². The summed E-state index contributed by atoms with van der Waals surface area (Å²) in [5.74, 6) is -2.36. The smallest absolute Gasteiger partial charge is 0.240 e. The van der Waals surface area contributed by atoms with Gasteiger partial charge < -0.3 is 9.84 Å². The molecule has 2 N–H and O–H groups in total. The molecule has 1 aromatic carbocycles. The first kappa shape index (κ1) is 17.2. The number of rotatable bonds is 6. The van der Waals surface area contributed by atoms with E-state index in [4.69, 9.17) is 4.74 Å². The molecule has 2 rings (SSSR count). The van der Waals surface area contributed by atoms with E-state index in [0.717, 1.165) is 12.1 Å². The average molecular weight is 336 g/mol. The van der Waals surface area contributed by atoms with Crippen molar-refractivity contribution in [3.05, 3.63) is 29.8 Å². The van der Waals surface area contributed by atoms with Crippen molar-refractivity contribution in [2.24, 2.45) is 0 Å². The number of morpholine rings is 1. The molecular formula is C13H18F2N2O4S. The van der Waals surface area contributed by atoms with Crippen molar-refractivity contribution in [2.75, 3.05) is 39.4 Å². The summed E-state index contributed by atoms with van der Waals surface area (Å²) in [6.07, 6.45) is -0.904. The average Bonchev–Trinajstić information content (AvgIpc) is 2.49. The van der Waals surface area contributed by atoms with Crippen molar-refractivity contribution in [3.63, 3.8) is 0 Å². The second-order valence-electron chi connectivity index (χ2n) is 4.99. The van der Waals surface area contributed by atoms with Gasteiger partial charge in [-0.3, -0.25) is 4.90 Å². The Labute approximate surface area is 127 Å². The van der Waals surface area contributed by atoms with E-state index < -0.39 is 27.8 Å². The van der Waals surface area contributed by atoms with Crippen LogP contribution in [-0.2, 0) is 14.8 Å². The Bertz CT molecular complexity index is 606. The lowest BCUT2D eigenvalue weighted by Gasteiger charge is -2.28. The molecule has 22 heavy (non-hydrogen) atoms. The number of ether oxygens (including phenoxy) is 1. The number of hydrogen-bond acceptors (Lipinski definition) is 5. The fourth-order valence-corrected chi connectivity index (χ4v) is 3.16. The van der Waals surface area contributed by atoms with Gasteiger partial charge in [-0.25, -0.2) is 21.9 Å². The Hall–Kier alpha value is -1.13. The molecule has 1 unspecified atom stereocenters. The molecule has 1 aliphatic heterocycles. The molecular weight excluding hydrogens is 318 g/mol. The number of β-amino-alcohol motifs (C(OH)–C–C–N with tert-alkyl or cyclic N) is 1. The Morgan fingerprint density at radius 3 is 2.59 bits per heavy atom. The van der Waals surface area contributed by atoms with Crippen LogP contribution < -0.4 is 4.72 Å². The maximum absolute atomic E-state index is 13.1. The second kappa shape index (κ2) is 7.42.